The van der Waals surface area contributed by atoms with Gasteiger partial charge in [0.05, 0.1) is 23.9 Å². The highest BCUT2D eigenvalue weighted by atomic mass is 19.1. The van der Waals surface area contributed by atoms with Crippen LogP contribution in [-0.2, 0) is 11.3 Å². The molecule has 202 valence electrons. The molecule has 11 nitrogen and oxygen atoms in total. The summed E-state index contributed by atoms with van der Waals surface area (Å²) in [5.41, 5.74) is 1.55. The van der Waals surface area contributed by atoms with Gasteiger partial charge in [-0.2, -0.15) is 0 Å². The molecular formula is C27H28FN7O4. The number of aromatic nitrogens is 5. The number of piperazine rings is 1. The van der Waals surface area contributed by atoms with Crippen molar-refractivity contribution < 1.29 is 18.6 Å². The molecule has 12 heteroatoms. The lowest BCUT2D eigenvalue weighted by Crippen LogP contribution is -2.49. The zero-order chi connectivity index (χ0) is 26.3. The van der Waals surface area contributed by atoms with Crippen molar-refractivity contribution in [1.29, 1.82) is 0 Å². The van der Waals surface area contributed by atoms with Crippen LogP contribution in [-0.4, -0.2) is 75.8 Å². The van der Waals surface area contributed by atoms with E-state index in [9.17, 15) is 9.18 Å². The maximum Gasteiger partial charge on any atom is 0.253 e. The minimum atomic E-state index is -0.511. The summed E-state index contributed by atoms with van der Waals surface area (Å²) >= 11 is 0. The molecule has 1 N–H and O–H groups in total. The van der Waals surface area contributed by atoms with E-state index in [1.54, 1.807) is 22.9 Å². The third-order valence-electron chi connectivity index (χ3n) is 7.74. The summed E-state index contributed by atoms with van der Waals surface area (Å²) in [5, 5.41) is 13.5. The number of benzene rings is 2. The van der Waals surface area contributed by atoms with Crippen LogP contribution in [0.25, 0.3) is 10.9 Å². The molecule has 4 aromatic rings. The van der Waals surface area contributed by atoms with Crippen LogP contribution in [0.4, 0.5) is 10.1 Å². The van der Waals surface area contributed by atoms with Gasteiger partial charge in [-0.05, 0) is 47.5 Å². The number of hydrogen-bond acceptors (Lipinski definition) is 9. The second-order valence-corrected chi connectivity index (χ2v) is 10.1. The van der Waals surface area contributed by atoms with Gasteiger partial charge in [0.2, 0.25) is 6.79 Å². The van der Waals surface area contributed by atoms with Crippen LogP contribution in [0.2, 0.25) is 0 Å². The number of anilines is 1. The third kappa shape index (κ3) is 4.49. The highest BCUT2D eigenvalue weighted by Gasteiger charge is 2.34. The molecular weight excluding hydrogens is 505 g/mol. The Morgan fingerprint density at radius 2 is 1.90 bits per heavy atom. The number of ether oxygens (including phenoxy) is 3. The lowest BCUT2D eigenvalue weighted by Gasteiger charge is -2.39. The molecule has 2 aromatic heterocycles. The highest BCUT2D eigenvalue weighted by molar-refractivity contribution is 5.83. The van der Waals surface area contributed by atoms with Crippen molar-refractivity contribution in [2.45, 2.75) is 31.5 Å². The number of hydrogen-bond donors (Lipinski definition) is 1. The van der Waals surface area contributed by atoms with Crippen LogP contribution in [0.5, 0.6) is 11.5 Å². The molecule has 2 aromatic carbocycles. The molecule has 2 unspecified atom stereocenters. The monoisotopic (exact) mass is 533 g/mol. The van der Waals surface area contributed by atoms with E-state index in [1.807, 2.05) is 23.1 Å². The van der Waals surface area contributed by atoms with Gasteiger partial charge in [-0.3, -0.25) is 9.69 Å². The smallest absolute Gasteiger partial charge is 0.253 e. The minimum absolute atomic E-state index is 0.0282. The predicted octanol–water partition coefficient (Wildman–Crippen LogP) is 2.47. The lowest BCUT2D eigenvalue weighted by molar-refractivity contribution is 0.0906. The average Bonchev–Trinajstić information content (AvgIpc) is 3.72. The van der Waals surface area contributed by atoms with Crippen LogP contribution >= 0.6 is 0 Å². The quantitative estimate of drug-likeness (QED) is 0.400. The summed E-state index contributed by atoms with van der Waals surface area (Å²) in [6.45, 7) is 3.75. The molecule has 2 atom stereocenters. The fourth-order valence-corrected chi connectivity index (χ4v) is 5.76. The number of tetrazole rings is 1. The lowest BCUT2D eigenvalue weighted by atomic mass is 10.0. The van der Waals surface area contributed by atoms with Crippen molar-refractivity contribution in [2.24, 2.45) is 0 Å². The van der Waals surface area contributed by atoms with Crippen LogP contribution in [0.15, 0.2) is 47.3 Å². The molecule has 0 radical (unpaired) electrons. The van der Waals surface area contributed by atoms with Crippen LogP contribution in [0, 0.1) is 5.82 Å². The fraction of sp³-hybridized carbons (Fsp3) is 0.407. The van der Waals surface area contributed by atoms with Crippen molar-refractivity contribution in [3.63, 3.8) is 0 Å². The van der Waals surface area contributed by atoms with Gasteiger partial charge in [-0.25, -0.2) is 9.07 Å². The van der Waals surface area contributed by atoms with E-state index in [1.165, 1.54) is 6.07 Å². The number of H-pyrrole nitrogens is 1. The van der Waals surface area contributed by atoms with Gasteiger partial charge in [0, 0.05) is 49.8 Å². The number of rotatable bonds is 6. The van der Waals surface area contributed by atoms with E-state index in [0.29, 0.717) is 66.8 Å². The van der Waals surface area contributed by atoms with Gasteiger partial charge in [-0.1, -0.05) is 12.1 Å². The Labute approximate surface area is 223 Å². The Morgan fingerprint density at radius 1 is 1.08 bits per heavy atom. The van der Waals surface area contributed by atoms with Crippen molar-refractivity contribution in [3.05, 3.63) is 70.0 Å². The first-order chi connectivity index (χ1) is 19.1. The molecule has 0 amide bonds. The Balaban J connectivity index is 1.26. The first kappa shape index (κ1) is 24.0. The molecule has 0 saturated carbocycles. The minimum Gasteiger partial charge on any atom is -0.454 e. The summed E-state index contributed by atoms with van der Waals surface area (Å²) in [6, 6.07) is 11.8. The number of halogens is 1. The molecule has 2 saturated heterocycles. The summed E-state index contributed by atoms with van der Waals surface area (Å²) in [4.78, 5) is 20.8. The Bertz CT molecular complexity index is 1560. The first-order valence-corrected chi connectivity index (χ1v) is 13.2. The molecule has 5 heterocycles. The first-order valence-electron chi connectivity index (χ1n) is 13.2. The summed E-state index contributed by atoms with van der Waals surface area (Å²) in [5.74, 6) is 1.58. The van der Waals surface area contributed by atoms with Crippen molar-refractivity contribution in [3.8, 4) is 11.5 Å². The second-order valence-electron chi connectivity index (χ2n) is 10.1. The molecule has 3 aliphatic heterocycles. The number of fused-ring (bicyclic) bond motifs is 2. The Morgan fingerprint density at radius 3 is 2.69 bits per heavy atom. The van der Waals surface area contributed by atoms with Crippen LogP contribution < -0.4 is 19.9 Å². The molecule has 7 rings (SSSR count). The molecule has 2 fully saturated rings. The van der Waals surface area contributed by atoms with E-state index in [0.717, 1.165) is 24.8 Å². The second kappa shape index (κ2) is 9.93. The summed E-state index contributed by atoms with van der Waals surface area (Å²) < 4.78 is 33.2. The highest BCUT2D eigenvalue weighted by Crippen LogP contribution is 2.36. The van der Waals surface area contributed by atoms with E-state index < -0.39 is 6.04 Å². The van der Waals surface area contributed by atoms with Crippen LogP contribution in [0.1, 0.15) is 30.3 Å². The SMILES string of the molecule is O=c1[nH]c2cc3c(cc2cc1C(c1nnnn1CC1CCCO1)N1CCN(c2ccccc2F)CC1)OCO3. The Kier molecular flexibility index (Phi) is 6.12. The topological polar surface area (TPSA) is 111 Å². The summed E-state index contributed by atoms with van der Waals surface area (Å²) in [7, 11) is 0. The zero-order valence-corrected chi connectivity index (χ0v) is 21.3. The van der Waals surface area contributed by atoms with Gasteiger partial charge in [0.1, 0.15) is 11.9 Å². The number of para-hydroxylation sites is 1. The van der Waals surface area contributed by atoms with Crippen molar-refractivity contribution in [2.75, 3.05) is 44.5 Å². The number of pyridine rings is 1. The average molecular weight is 534 g/mol. The molecule has 39 heavy (non-hydrogen) atoms. The van der Waals surface area contributed by atoms with E-state index in [4.69, 9.17) is 14.2 Å². The third-order valence-corrected chi connectivity index (χ3v) is 7.74. The maximum absolute atomic E-state index is 14.5. The number of aromatic amines is 1. The molecule has 0 spiro atoms. The van der Waals surface area contributed by atoms with Crippen molar-refractivity contribution in [1.82, 2.24) is 30.1 Å². The van der Waals surface area contributed by atoms with Gasteiger partial charge < -0.3 is 24.1 Å². The predicted molar refractivity (Wildman–Crippen MR) is 140 cm³/mol. The fourth-order valence-electron chi connectivity index (χ4n) is 5.76. The van der Waals surface area contributed by atoms with Crippen LogP contribution in [0.3, 0.4) is 0 Å². The number of nitrogens with zero attached hydrogens (tertiary/aromatic N) is 6. The Hall–Kier alpha value is -4.03. The van der Waals surface area contributed by atoms with Crippen molar-refractivity contribution >= 4 is 16.6 Å². The van der Waals surface area contributed by atoms with E-state index in [2.05, 4.69) is 25.4 Å². The molecule has 0 bridgehead atoms. The van der Waals surface area contributed by atoms with Gasteiger partial charge in [0.25, 0.3) is 5.56 Å². The zero-order valence-electron chi connectivity index (χ0n) is 21.3. The number of nitrogens with one attached hydrogen (secondary N) is 1. The normalized spacial score (nSPS) is 20.1. The van der Waals surface area contributed by atoms with Gasteiger partial charge in [0.15, 0.2) is 17.3 Å². The molecule has 3 aliphatic rings. The van der Waals surface area contributed by atoms with Gasteiger partial charge in [-0.15, -0.1) is 5.10 Å². The summed E-state index contributed by atoms with van der Waals surface area (Å²) in [6.07, 6.45) is 1.97. The largest absolute Gasteiger partial charge is 0.454 e. The molecule has 0 aliphatic carbocycles. The van der Waals surface area contributed by atoms with E-state index >= 15 is 0 Å². The maximum atomic E-state index is 14.5. The van der Waals surface area contributed by atoms with Gasteiger partial charge >= 0.3 is 0 Å². The standard InChI is InChI=1S/C27H28FN7O4/c28-20-5-1-2-6-22(20)33-7-9-34(10-8-33)25(26-30-31-32-35(26)15-18-4-3-11-37-18)19-12-17-13-23-24(39-16-38-23)14-21(17)29-27(19)36/h1-2,5-6,12-14,18,25H,3-4,7-11,15-16H2,(H,29,36). The van der Waals surface area contributed by atoms with E-state index in [-0.39, 0.29) is 24.3 Å².